The van der Waals surface area contributed by atoms with Crippen molar-refractivity contribution in [3.63, 3.8) is 0 Å². The maximum absolute atomic E-state index is 7.00. The quantitative estimate of drug-likeness (QED) is 0.157. The Bertz CT molecular complexity index is 3630. The molecule has 9 aromatic carbocycles. The topological polar surface area (TPSA) is 64.7 Å². The van der Waals surface area contributed by atoms with Gasteiger partial charge in [0.25, 0.3) is 0 Å². The molecule has 0 aliphatic heterocycles. The van der Waals surface area contributed by atoms with Crippen molar-refractivity contribution in [3.05, 3.63) is 206 Å². The van der Waals surface area contributed by atoms with Gasteiger partial charge in [-0.25, -0.2) is 19.9 Å². The van der Waals surface area contributed by atoms with Crippen molar-refractivity contribution >= 4 is 54.4 Å². The van der Waals surface area contributed by atoms with E-state index >= 15 is 0 Å². The molecule has 61 heavy (non-hydrogen) atoms. The van der Waals surface area contributed by atoms with E-state index in [9.17, 15) is 0 Å². The molecule has 0 bridgehead atoms. The Morgan fingerprint density at radius 3 is 1.62 bits per heavy atom. The van der Waals surface area contributed by atoms with Crippen molar-refractivity contribution < 1.29 is 4.42 Å². The molecule has 0 aliphatic carbocycles. The van der Waals surface area contributed by atoms with E-state index < -0.39 is 0 Å². The number of rotatable bonds is 6. The van der Waals surface area contributed by atoms with Gasteiger partial charge in [0.15, 0.2) is 17.5 Å². The second-order valence-electron chi connectivity index (χ2n) is 15.3. The van der Waals surface area contributed by atoms with Crippen LogP contribution in [0.4, 0.5) is 0 Å². The van der Waals surface area contributed by atoms with E-state index in [0.717, 1.165) is 88.3 Å². The zero-order valence-corrected chi connectivity index (χ0v) is 32.8. The van der Waals surface area contributed by atoms with Gasteiger partial charge in [-0.15, -0.1) is 0 Å². The number of fused-ring (bicyclic) bond motifs is 8. The fourth-order valence-corrected chi connectivity index (χ4v) is 8.79. The summed E-state index contributed by atoms with van der Waals surface area (Å²) in [5.41, 5.74) is 11.7. The number of nitrogens with zero attached hydrogens (tertiary/aromatic N) is 4. The highest BCUT2D eigenvalue weighted by molar-refractivity contribution is 6.25. The fraction of sp³-hybridized carbons (Fsp3) is 0. The molecule has 0 radical (unpaired) electrons. The molecule has 12 rings (SSSR count). The Morgan fingerprint density at radius 1 is 0.295 bits per heavy atom. The van der Waals surface area contributed by atoms with Crippen molar-refractivity contribution in [2.24, 2.45) is 0 Å². The molecule has 3 aromatic heterocycles. The number of hydrogen-bond acceptors (Lipinski definition) is 5. The van der Waals surface area contributed by atoms with E-state index in [0.29, 0.717) is 17.5 Å². The zero-order valence-electron chi connectivity index (χ0n) is 32.8. The van der Waals surface area contributed by atoms with Gasteiger partial charge in [-0.2, -0.15) is 0 Å². The predicted molar refractivity (Wildman–Crippen MR) is 250 cm³/mol. The van der Waals surface area contributed by atoms with Gasteiger partial charge >= 0.3 is 0 Å². The maximum Gasteiger partial charge on any atom is 0.164 e. The monoisotopic (exact) mass is 778 g/mol. The van der Waals surface area contributed by atoms with E-state index in [1.807, 2.05) is 42.5 Å². The van der Waals surface area contributed by atoms with Gasteiger partial charge < -0.3 is 4.42 Å². The lowest BCUT2D eigenvalue weighted by Gasteiger charge is -2.11. The highest BCUT2D eigenvalue weighted by atomic mass is 16.3. The summed E-state index contributed by atoms with van der Waals surface area (Å²) < 4.78 is 7.00. The van der Waals surface area contributed by atoms with Crippen molar-refractivity contribution in [2.45, 2.75) is 0 Å². The minimum Gasteiger partial charge on any atom is -0.455 e. The first kappa shape index (κ1) is 34.7. The van der Waals surface area contributed by atoms with Crippen LogP contribution in [0.25, 0.3) is 122 Å². The van der Waals surface area contributed by atoms with Gasteiger partial charge in [-0.05, 0) is 45.7 Å². The van der Waals surface area contributed by atoms with Crippen molar-refractivity contribution in [1.29, 1.82) is 0 Å². The molecule has 12 aromatic rings. The predicted octanol–water partition coefficient (Wildman–Crippen LogP) is 14.6. The standard InChI is InChI=1S/C56H34N4O/c1-3-15-37(16-4-1)51-48-33-32-46-45-26-13-25-44(52(45)61-53(46)50(48)47-23-9-10-27-49(47)57-51)36-28-30-39(31-29-36)55-58-54(38-17-5-2-6-18-38)59-56(60-55)41-21-11-20-40(34-41)43-24-12-19-35-14-7-8-22-42(35)43/h1-34H. The van der Waals surface area contributed by atoms with Gasteiger partial charge in [-0.3, -0.25) is 0 Å². The largest absolute Gasteiger partial charge is 0.455 e. The Kier molecular flexibility index (Phi) is 8.10. The molecule has 0 N–H and O–H groups in total. The second-order valence-corrected chi connectivity index (χ2v) is 15.3. The summed E-state index contributed by atoms with van der Waals surface area (Å²) in [5, 5.41) is 7.76. The van der Waals surface area contributed by atoms with Crippen molar-refractivity contribution in [2.75, 3.05) is 0 Å². The molecule has 0 saturated carbocycles. The molecular weight excluding hydrogens is 745 g/mol. The third-order valence-corrected chi connectivity index (χ3v) is 11.7. The fourth-order valence-electron chi connectivity index (χ4n) is 8.79. The molecule has 0 atom stereocenters. The van der Waals surface area contributed by atoms with Crippen LogP contribution in [0.15, 0.2) is 211 Å². The lowest BCUT2D eigenvalue weighted by Crippen LogP contribution is -2.00. The van der Waals surface area contributed by atoms with Gasteiger partial charge in [0.05, 0.1) is 11.2 Å². The average molecular weight is 779 g/mol. The highest BCUT2D eigenvalue weighted by Crippen LogP contribution is 2.43. The summed E-state index contributed by atoms with van der Waals surface area (Å²) in [6, 6.07) is 71.5. The number of pyridine rings is 1. The number of hydrogen-bond donors (Lipinski definition) is 0. The minimum atomic E-state index is 0.606. The first-order valence-corrected chi connectivity index (χ1v) is 20.5. The lowest BCUT2D eigenvalue weighted by molar-refractivity contribution is 0.674. The van der Waals surface area contributed by atoms with Crippen LogP contribution in [0.2, 0.25) is 0 Å². The van der Waals surface area contributed by atoms with Crippen LogP contribution in [-0.2, 0) is 0 Å². The van der Waals surface area contributed by atoms with Crippen LogP contribution in [0, 0.1) is 0 Å². The molecule has 0 fully saturated rings. The lowest BCUT2D eigenvalue weighted by atomic mass is 9.97. The van der Waals surface area contributed by atoms with E-state index in [2.05, 4.69) is 164 Å². The second kappa shape index (κ2) is 14.2. The van der Waals surface area contributed by atoms with E-state index in [4.69, 9.17) is 24.4 Å². The van der Waals surface area contributed by atoms with Gasteiger partial charge in [0.2, 0.25) is 0 Å². The summed E-state index contributed by atoms with van der Waals surface area (Å²) in [7, 11) is 0. The third-order valence-electron chi connectivity index (χ3n) is 11.7. The minimum absolute atomic E-state index is 0.606. The van der Waals surface area contributed by atoms with Crippen molar-refractivity contribution in [1.82, 2.24) is 19.9 Å². The van der Waals surface area contributed by atoms with Gasteiger partial charge in [-0.1, -0.05) is 188 Å². The van der Waals surface area contributed by atoms with Crippen LogP contribution in [0.5, 0.6) is 0 Å². The zero-order chi connectivity index (χ0) is 40.3. The normalized spacial score (nSPS) is 11.6. The molecule has 5 nitrogen and oxygen atoms in total. The number of furan rings is 1. The Hall–Kier alpha value is -8.28. The smallest absolute Gasteiger partial charge is 0.164 e. The van der Waals surface area contributed by atoms with E-state index in [1.54, 1.807) is 0 Å². The SMILES string of the molecule is c1ccc(-c2nc(-c3ccc(-c4cccc5c4oc4c5ccc5c(-c6ccccc6)nc6ccccc6c54)cc3)nc(-c3cccc(-c4cccc5ccccc45)c3)n2)cc1. The summed E-state index contributed by atoms with van der Waals surface area (Å²) in [4.78, 5) is 20.3. The molecule has 0 spiro atoms. The van der Waals surface area contributed by atoms with Gasteiger partial charge in [0, 0.05) is 54.7 Å². The van der Waals surface area contributed by atoms with Crippen molar-refractivity contribution in [3.8, 4) is 67.7 Å². The van der Waals surface area contributed by atoms with Gasteiger partial charge in [0.1, 0.15) is 11.2 Å². The van der Waals surface area contributed by atoms with Crippen LogP contribution in [-0.4, -0.2) is 19.9 Å². The van der Waals surface area contributed by atoms with E-state index in [-0.39, 0.29) is 0 Å². The van der Waals surface area contributed by atoms with E-state index in [1.165, 1.54) is 16.3 Å². The number of para-hydroxylation sites is 2. The van der Waals surface area contributed by atoms with Crippen LogP contribution < -0.4 is 0 Å². The Balaban J connectivity index is 0.973. The van der Waals surface area contributed by atoms with Crippen LogP contribution in [0.1, 0.15) is 0 Å². The summed E-state index contributed by atoms with van der Waals surface area (Å²) in [6.45, 7) is 0. The molecule has 0 unspecified atom stereocenters. The maximum atomic E-state index is 7.00. The molecule has 284 valence electrons. The Morgan fingerprint density at radius 2 is 0.820 bits per heavy atom. The molecule has 0 aliphatic rings. The molecule has 3 heterocycles. The molecule has 5 heteroatoms. The highest BCUT2D eigenvalue weighted by Gasteiger charge is 2.20. The van der Waals surface area contributed by atoms with Crippen LogP contribution in [0.3, 0.4) is 0 Å². The summed E-state index contributed by atoms with van der Waals surface area (Å²) in [5.74, 6) is 1.85. The molecule has 0 saturated heterocycles. The summed E-state index contributed by atoms with van der Waals surface area (Å²) >= 11 is 0. The average Bonchev–Trinajstić information content (AvgIpc) is 3.73. The third kappa shape index (κ3) is 5.94. The van der Waals surface area contributed by atoms with Crippen LogP contribution >= 0.6 is 0 Å². The first-order chi connectivity index (χ1) is 30.2. The number of aromatic nitrogens is 4. The first-order valence-electron chi connectivity index (χ1n) is 20.5. The summed E-state index contributed by atoms with van der Waals surface area (Å²) in [6.07, 6.45) is 0. The molecule has 0 amide bonds. The molecular formula is C56H34N4O. The Labute approximate surface area is 351 Å². The number of benzene rings is 9.